The van der Waals surface area contributed by atoms with Crippen molar-refractivity contribution in [3.63, 3.8) is 0 Å². The van der Waals surface area contributed by atoms with Gasteiger partial charge in [-0.1, -0.05) is 0 Å². The SMILES string of the molecule is CC(N/C(=C(/C=N)C(N)=O)c1cc(Br)c[nH]1)C(C)(C)C#N. The highest BCUT2D eigenvalue weighted by Crippen LogP contribution is 2.24. The molecule has 6 nitrogen and oxygen atoms in total. The van der Waals surface area contributed by atoms with Crippen molar-refractivity contribution in [2.75, 3.05) is 0 Å². The van der Waals surface area contributed by atoms with E-state index in [0.29, 0.717) is 11.4 Å². The summed E-state index contributed by atoms with van der Waals surface area (Å²) >= 11 is 3.32. The van der Waals surface area contributed by atoms with Crippen LogP contribution in [0.1, 0.15) is 26.5 Å². The van der Waals surface area contributed by atoms with Gasteiger partial charge in [-0.25, -0.2) is 0 Å². The maximum absolute atomic E-state index is 11.5. The van der Waals surface area contributed by atoms with Crippen LogP contribution in [0, 0.1) is 22.2 Å². The molecule has 7 heteroatoms. The van der Waals surface area contributed by atoms with Crippen molar-refractivity contribution in [1.29, 1.82) is 10.7 Å². The van der Waals surface area contributed by atoms with E-state index in [-0.39, 0.29) is 11.6 Å². The van der Waals surface area contributed by atoms with Gasteiger partial charge in [-0.05, 0) is 42.8 Å². The minimum atomic E-state index is -0.708. The highest BCUT2D eigenvalue weighted by molar-refractivity contribution is 9.10. The van der Waals surface area contributed by atoms with Crippen molar-refractivity contribution in [2.24, 2.45) is 11.1 Å². The first-order chi connectivity index (χ1) is 9.72. The van der Waals surface area contributed by atoms with E-state index in [1.54, 1.807) is 26.1 Å². The summed E-state index contributed by atoms with van der Waals surface area (Å²) in [6.07, 6.45) is 2.62. The van der Waals surface area contributed by atoms with Gasteiger partial charge in [0.05, 0.1) is 28.4 Å². The molecule has 1 aromatic rings. The van der Waals surface area contributed by atoms with E-state index in [2.05, 4.69) is 32.3 Å². The number of hydrogen-bond donors (Lipinski definition) is 4. The second-order valence-corrected chi connectivity index (χ2v) is 6.14. The molecule has 21 heavy (non-hydrogen) atoms. The van der Waals surface area contributed by atoms with Gasteiger partial charge in [0.1, 0.15) is 0 Å². The van der Waals surface area contributed by atoms with Crippen LogP contribution in [0.2, 0.25) is 0 Å². The normalized spacial score (nSPS) is 13.9. The number of primary amides is 1. The molecule has 0 aromatic carbocycles. The molecular weight excluding hydrogens is 334 g/mol. The molecule has 1 aromatic heterocycles. The van der Waals surface area contributed by atoms with Gasteiger partial charge in [-0.15, -0.1) is 0 Å². The van der Waals surface area contributed by atoms with Gasteiger partial charge < -0.3 is 21.4 Å². The van der Waals surface area contributed by atoms with E-state index >= 15 is 0 Å². The molecule has 1 atom stereocenters. The zero-order valence-corrected chi connectivity index (χ0v) is 13.7. The van der Waals surface area contributed by atoms with Crippen LogP contribution >= 0.6 is 15.9 Å². The lowest BCUT2D eigenvalue weighted by Gasteiger charge is -2.28. The van der Waals surface area contributed by atoms with E-state index in [1.807, 2.05) is 6.92 Å². The van der Waals surface area contributed by atoms with Crippen molar-refractivity contribution in [2.45, 2.75) is 26.8 Å². The van der Waals surface area contributed by atoms with Crippen LogP contribution in [0.25, 0.3) is 5.70 Å². The minimum Gasteiger partial charge on any atom is -0.379 e. The maximum Gasteiger partial charge on any atom is 0.252 e. The molecule has 1 unspecified atom stereocenters. The Balaban J connectivity index is 3.32. The number of amides is 1. The van der Waals surface area contributed by atoms with Gasteiger partial charge in [0, 0.05) is 22.9 Å². The molecule has 0 saturated heterocycles. The maximum atomic E-state index is 11.5. The minimum absolute atomic E-state index is 0.0462. The van der Waals surface area contributed by atoms with E-state index in [4.69, 9.17) is 11.1 Å². The number of carbonyl (C=O) groups excluding carboxylic acids is 1. The third-order valence-corrected chi connectivity index (χ3v) is 3.79. The Bertz CT molecular complexity index is 624. The average molecular weight is 352 g/mol. The number of aromatic amines is 1. The van der Waals surface area contributed by atoms with Gasteiger partial charge in [-0.2, -0.15) is 5.26 Å². The number of halogens is 1. The van der Waals surface area contributed by atoms with Gasteiger partial charge in [0.25, 0.3) is 5.91 Å². The van der Waals surface area contributed by atoms with E-state index < -0.39 is 11.3 Å². The molecule has 1 rings (SSSR count). The third kappa shape index (κ3) is 3.95. The predicted molar refractivity (Wildman–Crippen MR) is 85.4 cm³/mol. The number of nitrogens with zero attached hydrogens (tertiary/aromatic N) is 1. The van der Waals surface area contributed by atoms with Crippen LogP contribution in [0.5, 0.6) is 0 Å². The van der Waals surface area contributed by atoms with Crippen LogP contribution in [0.3, 0.4) is 0 Å². The highest BCUT2D eigenvalue weighted by Gasteiger charge is 2.27. The molecule has 0 aliphatic carbocycles. The Morgan fingerprint density at radius 3 is 2.67 bits per heavy atom. The fourth-order valence-electron chi connectivity index (χ4n) is 1.57. The molecule has 1 heterocycles. The van der Waals surface area contributed by atoms with Crippen LogP contribution in [-0.2, 0) is 4.79 Å². The summed E-state index contributed by atoms with van der Waals surface area (Å²) in [7, 11) is 0. The van der Waals surface area contributed by atoms with Crippen molar-refractivity contribution in [3.05, 3.63) is 28.0 Å². The summed E-state index contributed by atoms with van der Waals surface area (Å²) in [5.74, 6) is -0.708. The first kappa shape index (κ1) is 17.0. The molecule has 0 saturated carbocycles. The molecular formula is C14H18BrN5O. The van der Waals surface area contributed by atoms with E-state index in [0.717, 1.165) is 10.7 Å². The largest absolute Gasteiger partial charge is 0.379 e. The topological polar surface area (TPSA) is 119 Å². The van der Waals surface area contributed by atoms with Crippen LogP contribution in [-0.4, -0.2) is 23.1 Å². The van der Waals surface area contributed by atoms with Gasteiger partial charge in [-0.3, -0.25) is 4.79 Å². The summed E-state index contributed by atoms with van der Waals surface area (Å²) in [5.41, 5.74) is 5.74. The average Bonchev–Trinajstić information content (AvgIpc) is 2.84. The number of nitrogens with two attached hydrogens (primary N) is 1. The Morgan fingerprint density at radius 1 is 1.67 bits per heavy atom. The molecule has 112 valence electrons. The first-order valence-electron chi connectivity index (χ1n) is 6.29. The Hall–Kier alpha value is -2.07. The lowest BCUT2D eigenvalue weighted by Crippen LogP contribution is -2.39. The lowest BCUT2D eigenvalue weighted by molar-refractivity contribution is -0.114. The fraction of sp³-hybridized carbons (Fsp3) is 0.357. The van der Waals surface area contributed by atoms with Crippen molar-refractivity contribution in [3.8, 4) is 6.07 Å². The molecule has 0 spiro atoms. The summed E-state index contributed by atoms with van der Waals surface area (Å²) in [6, 6.07) is 3.72. The van der Waals surface area contributed by atoms with E-state index in [9.17, 15) is 10.1 Å². The molecule has 0 radical (unpaired) electrons. The predicted octanol–water partition coefficient (Wildman–Crippen LogP) is 2.15. The number of aromatic nitrogens is 1. The third-order valence-electron chi connectivity index (χ3n) is 3.33. The van der Waals surface area contributed by atoms with Gasteiger partial charge in [0.2, 0.25) is 0 Å². The summed E-state index contributed by atoms with van der Waals surface area (Å²) in [6.45, 7) is 5.42. The first-order valence-corrected chi connectivity index (χ1v) is 7.09. The summed E-state index contributed by atoms with van der Waals surface area (Å²) in [5, 5.41) is 19.7. The zero-order valence-electron chi connectivity index (χ0n) is 12.1. The number of nitrogens with one attached hydrogen (secondary N) is 3. The molecule has 0 aliphatic rings. The lowest BCUT2D eigenvalue weighted by atomic mass is 9.87. The van der Waals surface area contributed by atoms with E-state index in [1.165, 1.54) is 0 Å². The zero-order chi connectivity index (χ0) is 16.2. The van der Waals surface area contributed by atoms with Crippen LogP contribution < -0.4 is 11.1 Å². The van der Waals surface area contributed by atoms with Gasteiger partial charge in [0.15, 0.2) is 0 Å². The fourth-order valence-corrected chi connectivity index (χ4v) is 1.92. The molecule has 0 aliphatic heterocycles. The number of hydrogen-bond acceptors (Lipinski definition) is 4. The highest BCUT2D eigenvalue weighted by atomic mass is 79.9. The standard InChI is InChI=1S/C14H18BrN5O/c1-8(14(2,3)7-17)20-12(10(5-16)13(18)21)11-4-9(15)6-19-11/h4-6,8,16,19-20H,1-3H3,(H2,18,21)/b12-10-,16-5?. The number of nitriles is 1. The Labute approximate surface area is 132 Å². The monoisotopic (exact) mass is 351 g/mol. The number of carbonyl (C=O) groups is 1. The Kier molecular flexibility index (Phi) is 5.33. The molecule has 0 bridgehead atoms. The Morgan fingerprint density at radius 2 is 2.29 bits per heavy atom. The number of rotatable bonds is 6. The quantitative estimate of drug-likeness (QED) is 0.464. The van der Waals surface area contributed by atoms with Crippen molar-refractivity contribution in [1.82, 2.24) is 10.3 Å². The van der Waals surface area contributed by atoms with Crippen LogP contribution in [0.15, 0.2) is 22.3 Å². The summed E-state index contributed by atoms with van der Waals surface area (Å²) in [4.78, 5) is 14.5. The molecule has 5 N–H and O–H groups in total. The number of H-pyrrole nitrogens is 1. The summed E-state index contributed by atoms with van der Waals surface area (Å²) < 4.78 is 0.804. The second-order valence-electron chi connectivity index (χ2n) is 5.23. The van der Waals surface area contributed by atoms with Gasteiger partial charge >= 0.3 is 0 Å². The van der Waals surface area contributed by atoms with Crippen LogP contribution in [0.4, 0.5) is 0 Å². The molecule has 1 amide bonds. The molecule has 0 fully saturated rings. The van der Waals surface area contributed by atoms with Crippen molar-refractivity contribution < 1.29 is 4.79 Å². The smallest absolute Gasteiger partial charge is 0.252 e. The van der Waals surface area contributed by atoms with Crippen molar-refractivity contribution >= 4 is 33.7 Å². The second kappa shape index (κ2) is 6.59.